The third kappa shape index (κ3) is 2.70. The zero-order valence-electron chi connectivity index (χ0n) is 14.1. The van der Waals surface area contributed by atoms with Crippen LogP contribution in [0.15, 0.2) is 47.8 Å². The third-order valence-electron chi connectivity index (χ3n) is 4.07. The van der Waals surface area contributed by atoms with Gasteiger partial charge in [0.25, 0.3) is 0 Å². The van der Waals surface area contributed by atoms with E-state index in [1.54, 1.807) is 24.3 Å². The first kappa shape index (κ1) is 16.5. The number of anilines is 2. The maximum atomic E-state index is 14.6. The minimum absolute atomic E-state index is 0.287. The van der Waals surface area contributed by atoms with Gasteiger partial charge in [0.05, 0.1) is 12.7 Å². The Labute approximate surface area is 152 Å². The number of imidazole rings is 1. The van der Waals surface area contributed by atoms with Crippen LogP contribution in [-0.4, -0.2) is 16.5 Å². The standard InChI is InChI=1S/C19H15F2N3OS/c1-11-10-26-19-23-17(16-14(21)4-3-5-15(16)25-2)18(24(11)19)22-13-8-6-12(20)7-9-13/h3-10,22H,1-2H3. The minimum atomic E-state index is -0.421. The molecule has 1 N–H and O–H groups in total. The molecule has 0 spiro atoms. The van der Waals surface area contributed by atoms with Crippen molar-refractivity contribution in [3.05, 3.63) is 65.2 Å². The van der Waals surface area contributed by atoms with Gasteiger partial charge in [0.2, 0.25) is 0 Å². The summed E-state index contributed by atoms with van der Waals surface area (Å²) in [5.74, 6) is 0.260. The lowest BCUT2D eigenvalue weighted by atomic mass is 10.1. The molecule has 2 heterocycles. The predicted octanol–water partition coefficient (Wildman–Crippen LogP) is 5.40. The number of methoxy groups -OCH3 is 1. The van der Waals surface area contributed by atoms with Crippen molar-refractivity contribution in [1.29, 1.82) is 0 Å². The van der Waals surface area contributed by atoms with E-state index < -0.39 is 5.82 Å². The van der Waals surface area contributed by atoms with Crippen LogP contribution in [0.5, 0.6) is 5.75 Å². The van der Waals surface area contributed by atoms with Gasteiger partial charge in [-0.1, -0.05) is 6.07 Å². The van der Waals surface area contributed by atoms with Crippen molar-refractivity contribution in [3.8, 4) is 17.0 Å². The van der Waals surface area contributed by atoms with E-state index in [2.05, 4.69) is 10.3 Å². The smallest absolute Gasteiger partial charge is 0.196 e. The number of hydrogen-bond acceptors (Lipinski definition) is 4. The summed E-state index contributed by atoms with van der Waals surface area (Å²) in [6.07, 6.45) is 0. The van der Waals surface area contributed by atoms with E-state index in [0.29, 0.717) is 22.9 Å². The Morgan fingerprint density at radius 2 is 1.88 bits per heavy atom. The molecular formula is C19H15F2N3OS. The summed E-state index contributed by atoms with van der Waals surface area (Å²) in [6, 6.07) is 10.6. The molecule has 0 fully saturated rings. The number of hydrogen-bond donors (Lipinski definition) is 1. The SMILES string of the molecule is COc1cccc(F)c1-c1nc2scc(C)n2c1Nc1ccc(F)cc1. The second kappa shape index (κ2) is 6.42. The summed E-state index contributed by atoms with van der Waals surface area (Å²) in [4.78, 5) is 5.34. The number of ether oxygens (including phenoxy) is 1. The highest BCUT2D eigenvalue weighted by atomic mass is 32.1. The van der Waals surface area contributed by atoms with Gasteiger partial charge in [0.1, 0.15) is 28.9 Å². The number of thiazole rings is 1. The fourth-order valence-electron chi connectivity index (χ4n) is 2.86. The lowest BCUT2D eigenvalue weighted by Gasteiger charge is -2.12. The summed E-state index contributed by atoms with van der Waals surface area (Å²) in [6.45, 7) is 1.95. The lowest BCUT2D eigenvalue weighted by molar-refractivity contribution is 0.413. The zero-order chi connectivity index (χ0) is 18.3. The lowest BCUT2D eigenvalue weighted by Crippen LogP contribution is -1.99. The van der Waals surface area contributed by atoms with Gasteiger partial charge >= 0.3 is 0 Å². The molecule has 0 aliphatic rings. The Kier molecular flexibility index (Phi) is 4.08. The van der Waals surface area contributed by atoms with E-state index in [9.17, 15) is 8.78 Å². The number of aromatic nitrogens is 2. The molecule has 0 radical (unpaired) electrons. The van der Waals surface area contributed by atoms with Crippen LogP contribution in [0.1, 0.15) is 5.69 Å². The number of benzene rings is 2. The number of aryl methyl sites for hydroxylation is 1. The topological polar surface area (TPSA) is 38.6 Å². The highest BCUT2D eigenvalue weighted by Gasteiger charge is 2.22. The van der Waals surface area contributed by atoms with E-state index in [-0.39, 0.29) is 11.4 Å². The Bertz CT molecular complexity index is 1090. The van der Waals surface area contributed by atoms with Crippen molar-refractivity contribution < 1.29 is 13.5 Å². The van der Waals surface area contributed by atoms with E-state index in [1.807, 2.05) is 16.7 Å². The van der Waals surface area contributed by atoms with Gasteiger partial charge in [-0.25, -0.2) is 13.8 Å². The first-order chi connectivity index (χ1) is 12.6. The molecule has 7 heteroatoms. The average Bonchev–Trinajstić information content (AvgIpc) is 3.17. The molecule has 0 aliphatic heterocycles. The molecule has 0 saturated heterocycles. The summed E-state index contributed by atoms with van der Waals surface area (Å²) in [7, 11) is 1.50. The van der Waals surface area contributed by atoms with E-state index >= 15 is 0 Å². The molecule has 2 aromatic heterocycles. The molecule has 0 amide bonds. The van der Waals surface area contributed by atoms with E-state index in [4.69, 9.17) is 4.74 Å². The van der Waals surface area contributed by atoms with Crippen LogP contribution >= 0.6 is 11.3 Å². The fraction of sp³-hybridized carbons (Fsp3) is 0.105. The monoisotopic (exact) mass is 371 g/mol. The van der Waals surface area contributed by atoms with E-state index in [0.717, 1.165) is 10.7 Å². The highest BCUT2D eigenvalue weighted by molar-refractivity contribution is 7.15. The number of halogens is 2. The van der Waals surface area contributed by atoms with Crippen LogP contribution in [0.3, 0.4) is 0 Å². The largest absolute Gasteiger partial charge is 0.496 e. The molecule has 0 atom stereocenters. The van der Waals surface area contributed by atoms with Gasteiger partial charge in [0, 0.05) is 16.8 Å². The minimum Gasteiger partial charge on any atom is -0.496 e. The second-order valence-corrected chi connectivity index (χ2v) is 6.59. The summed E-state index contributed by atoms with van der Waals surface area (Å²) >= 11 is 1.46. The molecular weight excluding hydrogens is 356 g/mol. The van der Waals surface area contributed by atoms with Crippen LogP contribution < -0.4 is 10.1 Å². The number of nitrogens with zero attached hydrogens (tertiary/aromatic N) is 2. The van der Waals surface area contributed by atoms with Gasteiger partial charge in [-0.05, 0) is 43.3 Å². The predicted molar refractivity (Wildman–Crippen MR) is 99.4 cm³/mol. The van der Waals surface area contributed by atoms with E-state index in [1.165, 1.54) is 36.6 Å². The Hall–Kier alpha value is -2.93. The van der Waals surface area contributed by atoms with Crippen LogP contribution in [0, 0.1) is 18.6 Å². The molecule has 0 unspecified atom stereocenters. The molecule has 0 saturated carbocycles. The van der Waals surface area contributed by atoms with Gasteiger partial charge < -0.3 is 10.1 Å². The number of fused-ring (bicyclic) bond motifs is 1. The Balaban J connectivity index is 1.95. The van der Waals surface area contributed by atoms with Gasteiger partial charge in [-0.3, -0.25) is 4.40 Å². The molecule has 2 aromatic carbocycles. The molecule has 4 aromatic rings. The number of rotatable bonds is 4. The van der Waals surface area contributed by atoms with Crippen molar-refractivity contribution in [2.75, 3.05) is 12.4 Å². The second-order valence-electron chi connectivity index (χ2n) is 5.75. The van der Waals surface area contributed by atoms with Crippen LogP contribution in [0.4, 0.5) is 20.3 Å². The quantitative estimate of drug-likeness (QED) is 0.522. The van der Waals surface area contributed by atoms with Gasteiger partial charge in [-0.2, -0.15) is 0 Å². The number of nitrogens with one attached hydrogen (secondary N) is 1. The average molecular weight is 371 g/mol. The summed E-state index contributed by atoms with van der Waals surface area (Å²) < 4.78 is 35.1. The molecule has 4 nitrogen and oxygen atoms in total. The fourth-order valence-corrected chi connectivity index (χ4v) is 3.73. The molecule has 26 heavy (non-hydrogen) atoms. The normalized spacial score (nSPS) is 11.1. The summed E-state index contributed by atoms with van der Waals surface area (Å²) in [5.41, 5.74) is 2.37. The first-order valence-corrected chi connectivity index (χ1v) is 8.78. The van der Waals surface area contributed by atoms with Crippen LogP contribution in [0.2, 0.25) is 0 Å². The van der Waals surface area contributed by atoms with Crippen molar-refractivity contribution in [3.63, 3.8) is 0 Å². The van der Waals surface area contributed by atoms with Crippen molar-refractivity contribution in [2.45, 2.75) is 6.92 Å². The van der Waals surface area contributed by atoms with Crippen molar-refractivity contribution in [2.24, 2.45) is 0 Å². The van der Waals surface area contributed by atoms with Gasteiger partial charge in [-0.15, -0.1) is 11.3 Å². The molecule has 4 rings (SSSR count). The zero-order valence-corrected chi connectivity index (χ0v) is 14.9. The van der Waals surface area contributed by atoms with Crippen molar-refractivity contribution >= 4 is 27.8 Å². The van der Waals surface area contributed by atoms with Gasteiger partial charge in [0.15, 0.2) is 4.96 Å². The maximum Gasteiger partial charge on any atom is 0.196 e. The molecule has 0 bridgehead atoms. The highest BCUT2D eigenvalue weighted by Crippen LogP contribution is 2.39. The third-order valence-corrected chi connectivity index (χ3v) is 5.02. The van der Waals surface area contributed by atoms with Crippen LogP contribution in [-0.2, 0) is 0 Å². The van der Waals surface area contributed by atoms with Crippen molar-refractivity contribution in [1.82, 2.24) is 9.38 Å². The summed E-state index contributed by atoms with van der Waals surface area (Å²) in [5, 5.41) is 5.22. The maximum absolute atomic E-state index is 14.6. The van der Waals surface area contributed by atoms with Crippen LogP contribution in [0.25, 0.3) is 16.2 Å². The molecule has 132 valence electrons. The molecule has 0 aliphatic carbocycles. The first-order valence-electron chi connectivity index (χ1n) is 7.90. The Morgan fingerprint density at radius 1 is 1.12 bits per heavy atom. The Morgan fingerprint density at radius 3 is 2.62 bits per heavy atom.